The maximum Gasteiger partial charge on any atom is 0.490 e. The third-order valence-electron chi connectivity index (χ3n) is 7.38. The molecule has 3 amide bonds. The number of halogens is 3. The Bertz CT molecular complexity index is 1530. The lowest BCUT2D eigenvalue weighted by atomic mass is 9.81. The Balaban J connectivity index is 0.000000676. The lowest BCUT2D eigenvalue weighted by Crippen LogP contribution is -2.48. The van der Waals surface area contributed by atoms with Gasteiger partial charge >= 0.3 is 24.1 Å². The van der Waals surface area contributed by atoms with Gasteiger partial charge < -0.3 is 31.9 Å². The van der Waals surface area contributed by atoms with Crippen LogP contribution < -0.4 is 21.7 Å². The van der Waals surface area contributed by atoms with E-state index in [1.54, 1.807) is 12.1 Å². The second-order valence-electron chi connectivity index (χ2n) is 10.9. The van der Waals surface area contributed by atoms with Crippen molar-refractivity contribution >= 4 is 46.0 Å². The normalized spacial score (nSPS) is 17.1. The SMILES string of the molecule is Cc1cc(C)c(NC(=O)Nc2cc3ccccc3cc2C(=O)NC(C(=O)O)C2CCC(N)CC2)c(C)c1.O=C(O)C(F)(F)F. The van der Waals surface area contributed by atoms with Crippen LogP contribution in [0, 0.1) is 26.7 Å². The second-order valence-corrected chi connectivity index (χ2v) is 10.9. The van der Waals surface area contributed by atoms with Gasteiger partial charge in [0, 0.05) is 11.7 Å². The molecule has 1 atom stereocenters. The van der Waals surface area contributed by atoms with E-state index >= 15 is 0 Å². The van der Waals surface area contributed by atoms with E-state index in [0.29, 0.717) is 24.2 Å². The number of nitrogens with two attached hydrogens (primary N) is 1. The zero-order chi connectivity index (χ0) is 32.8. The first-order chi connectivity index (χ1) is 20.6. The van der Waals surface area contributed by atoms with Crippen molar-refractivity contribution in [3.05, 3.63) is 70.8 Å². The number of hydrogen-bond acceptors (Lipinski definition) is 5. The molecule has 3 aromatic carbocycles. The number of carboxylic acid groups (broad SMARTS) is 2. The summed E-state index contributed by atoms with van der Waals surface area (Å²) in [4.78, 5) is 47.5. The van der Waals surface area contributed by atoms with Gasteiger partial charge in [-0.2, -0.15) is 13.2 Å². The van der Waals surface area contributed by atoms with Crippen LogP contribution in [0.25, 0.3) is 10.8 Å². The molecule has 236 valence electrons. The maximum absolute atomic E-state index is 13.4. The van der Waals surface area contributed by atoms with Gasteiger partial charge in [0.15, 0.2) is 0 Å². The molecule has 44 heavy (non-hydrogen) atoms. The third kappa shape index (κ3) is 8.93. The van der Waals surface area contributed by atoms with Gasteiger partial charge in [-0.3, -0.25) is 4.79 Å². The van der Waals surface area contributed by atoms with Crippen LogP contribution in [0.2, 0.25) is 0 Å². The molecule has 0 bridgehead atoms. The van der Waals surface area contributed by atoms with Crippen molar-refractivity contribution in [2.24, 2.45) is 11.7 Å². The Kier molecular flexibility index (Phi) is 10.9. The van der Waals surface area contributed by atoms with Gasteiger partial charge in [-0.25, -0.2) is 14.4 Å². The van der Waals surface area contributed by atoms with E-state index in [2.05, 4.69) is 16.0 Å². The topological polar surface area (TPSA) is 171 Å². The number of rotatable bonds is 6. The first-order valence-electron chi connectivity index (χ1n) is 13.8. The van der Waals surface area contributed by atoms with Crippen molar-refractivity contribution in [2.45, 2.75) is 64.7 Å². The van der Waals surface area contributed by atoms with Crippen molar-refractivity contribution in [3.63, 3.8) is 0 Å². The number of nitrogens with one attached hydrogen (secondary N) is 3. The number of aliphatic carboxylic acids is 2. The summed E-state index contributed by atoms with van der Waals surface area (Å²) in [6.07, 6.45) is -2.35. The Labute approximate surface area is 251 Å². The molecule has 1 aliphatic rings. The molecule has 13 heteroatoms. The number of benzene rings is 3. The summed E-state index contributed by atoms with van der Waals surface area (Å²) in [5.41, 5.74) is 10.1. The number of carboxylic acids is 2. The summed E-state index contributed by atoms with van der Waals surface area (Å²) < 4.78 is 31.7. The monoisotopic (exact) mass is 616 g/mol. The average Bonchev–Trinajstić information content (AvgIpc) is 2.93. The number of fused-ring (bicyclic) bond motifs is 1. The first kappa shape index (κ1) is 33.8. The highest BCUT2D eigenvalue weighted by molar-refractivity contribution is 6.10. The predicted octanol–water partition coefficient (Wildman–Crippen LogP) is 5.74. The standard InChI is InChI=1S/C29H34N4O4.C2HF3O2/c1-16-12-17(2)25(18(3)13-16)33-29(37)31-24-15-21-7-5-4-6-20(21)14-23(24)27(34)32-26(28(35)36)19-8-10-22(30)11-9-19;3-2(4,5)1(6)7/h4-7,12-15,19,22,26H,8-11,30H2,1-3H3,(H,32,34)(H,35,36)(H2,31,33,37);(H,6,7). The van der Waals surface area contributed by atoms with Crippen LogP contribution in [-0.2, 0) is 9.59 Å². The van der Waals surface area contributed by atoms with Gasteiger partial charge in [0.25, 0.3) is 5.91 Å². The van der Waals surface area contributed by atoms with E-state index in [-0.39, 0.29) is 17.5 Å². The van der Waals surface area contributed by atoms with Gasteiger partial charge in [0.05, 0.1) is 11.3 Å². The zero-order valence-electron chi connectivity index (χ0n) is 24.4. The number of urea groups is 1. The quantitative estimate of drug-likeness (QED) is 0.205. The van der Waals surface area contributed by atoms with Crippen LogP contribution in [0.15, 0.2) is 48.5 Å². The Morgan fingerprint density at radius 2 is 1.39 bits per heavy atom. The molecule has 0 aromatic heterocycles. The van der Waals surface area contributed by atoms with E-state index in [9.17, 15) is 32.7 Å². The molecule has 0 radical (unpaired) electrons. The number of alkyl halides is 3. The molecule has 0 aliphatic heterocycles. The summed E-state index contributed by atoms with van der Waals surface area (Å²) in [6.45, 7) is 5.85. The number of aryl methyl sites for hydroxylation is 3. The molecule has 0 spiro atoms. The van der Waals surface area contributed by atoms with Crippen LogP contribution in [0.5, 0.6) is 0 Å². The van der Waals surface area contributed by atoms with Gasteiger partial charge in [-0.05, 0) is 86.4 Å². The molecule has 1 aliphatic carbocycles. The summed E-state index contributed by atoms with van der Waals surface area (Å²) in [5.74, 6) is -4.58. The highest BCUT2D eigenvalue weighted by atomic mass is 19.4. The molecule has 3 aromatic rings. The van der Waals surface area contributed by atoms with Crippen LogP contribution in [0.1, 0.15) is 52.7 Å². The molecule has 1 unspecified atom stereocenters. The fourth-order valence-electron chi connectivity index (χ4n) is 5.25. The fraction of sp³-hybridized carbons (Fsp3) is 0.355. The maximum atomic E-state index is 13.4. The molecular weight excluding hydrogens is 581 g/mol. The number of hydrogen-bond donors (Lipinski definition) is 6. The molecular formula is C31H35F3N4O6. The predicted molar refractivity (Wildman–Crippen MR) is 160 cm³/mol. The number of amides is 3. The highest BCUT2D eigenvalue weighted by Crippen LogP contribution is 2.29. The van der Waals surface area contributed by atoms with Crippen molar-refractivity contribution < 1.29 is 42.6 Å². The van der Waals surface area contributed by atoms with Gasteiger partial charge in [-0.15, -0.1) is 0 Å². The minimum atomic E-state index is -5.08. The third-order valence-corrected chi connectivity index (χ3v) is 7.38. The van der Waals surface area contributed by atoms with Crippen LogP contribution in [-0.4, -0.2) is 52.3 Å². The molecule has 1 fully saturated rings. The average molecular weight is 617 g/mol. The molecule has 0 heterocycles. The van der Waals surface area contributed by atoms with E-state index in [1.807, 2.05) is 57.2 Å². The molecule has 1 saturated carbocycles. The Morgan fingerprint density at radius 3 is 1.89 bits per heavy atom. The largest absolute Gasteiger partial charge is 0.490 e. The fourth-order valence-corrected chi connectivity index (χ4v) is 5.25. The Hall–Kier alpha value is -4.65. The van der Waals surface area contributed by atoms with E-state index in [4.69, 9.17) is 15.6 Å². The van der Waals surface area contributed by atoms with E-state index in [1.165, 1.54) is 0 Å². The summed E-state index contributed by atoms with van der Waals surface area (Å²) in [6, 6.07) is 13.4. The lowest BCUT2D eigenvalue weighted by molar-refractivity contribution is -0.192. The van der Waals surface area contributed by atoms with Crippen molar-refractivity contribution in [1.82, 2.24) is 5.32 Å². The summed E-state index contributed by atoms with van der Waals surface area (Å²) >= 11 is 0. The van der Waals surface area contributed by atoms with Crippen molar-refractivity contribution in [3.8, 4) is 0 Å². The van der Waals surface area contributed by atoms with E-state index in [0.717, 1.165) is 40.3 Å². The molecule has 4 rings (SSSR count). The highest BCUT2D eigenvalue weighted by Gasteiger charge is 2.38. The van der Waals surface area contributed by atoms with Gasteiger partial charge in [0.2, 0.25) is 0 Å². The molecule has 10 nitrogen and oxygen atoms in total. The molecule has 7 N–H and O–H groups in total. The second kappa shape index (κ2) is 14.2. The number of anilines is 2. The number of carbonyl (C=O) groups excluding carboxylic acids is 2. The Morgan fingerprint density at radius 1 is 0.864 bits per heavy atom. The summed E-state index contributed by atoms with van der Waals surface area (Å²) in [7, 11) is 0. The smallest absolute Gasteiger partial charge is 0.480 e. The lowest BCUT2D eigenvalue weighted by Gasteiger charge is -2.31. The van der Waals surface area contributed by atoms with Crippen LogP contribution >= 0.6 is 0 Å². The first-order valence-corrected chi connectivity index (χ1v) is 13.8. The van der Waals surface area contributed by atoms with E-state index < -0.39 is 36.1 Å². The minimum Gasteiger partial charge on any atom is -0.480 e. The van der Waals surface area contributed by atoms with Gasteiger partial charge in [-0.1, -0.05) is 42.0 Å². The molecule has 0 saturated heterocycles. The van der Waals surface area contributed by atoms with Gasteiger partial charge in [0.1, 0.15) is 6.04 Å². The minimum absolute atomic E-state index is 0.0667. The zero-order valence-corrected chi connectivity index (χ0v) is 24.4. The van der Waals surface area contributed by atoms with Crippen molar-refractivity contribution in [2.75, 3.05) is 10.6 Å². The van der Waals surface area contributed by atoms with Crippen molar-refractivity contribution in [1.29, 1.82) is 0 Å². The van der Waals surface area contributed by atoms with Crippen LogP contribution in [0.4, 0.5) is 29.3 Å². The van der Waals surface area contributed by atoms with Crippen LogP contribution in [0.3, 0.4) is 0 Å². The summed E-state index contributed by atoms with van der Waals surface area (Å²) in [5, 5.41) is 27.1. The number of carbonyl (C=O) groups is 4.